The summed E-state index contributed by atoms with van der Waals surface area (Å²) in [6, 6.07) is 8.26. The molecule has 3 nitrogen and oxygen atoms in total. The molecule has 0 bridgehead atoms. The third-order valence-electron chi connectivity index (χ3n) is 2.56. The quantitative estimate of drug-likeness (QED) is 0.796. The van der Waals surface area contributed by atoms with Gasteiger partial charge >= 0.3 is 0 Å². The molecule has 0 aromatic heterocycles. The number of nitrogens with two attached hydrogens (primary N) is 1. The van der Waals surface area contributed by atoms with E-state index in [0.29, 0.717) is 13.0 Å². The van der Waals surface area contributed by atoms with Crippen molar-refractivity contribution >= 4 is 5.91 Å². The Hall–Kier alpha value is -1.35. The van der Waals surface area contributed by atoms with Crippen LogP contribution in [0.2, 0.25) is 0 Å². The third-order valence-corrected chi connectivity index (χ3v) is 2.56. The molecule has 0 heterocycles. The average molecular weight is 220 g/mol. The van der Waals surface area contributed by atoms with Crippen LogP contribution in [-0.4, -0.2) is 12.5 Å². The van der Waals surface area contributed by atoms with Gasteiger partial charge in [-0.25, -0.2) is 0 Å². The number of amides is 1. The van der Waals surface area contributed by atoms with Crippen molar-refractivity contribution in [1.29, 1.82) is 0 Å². The average Bonchev–Trinajstić information content (AvgIpc) is 2.27. The van der Waals surface area contributed by atoms with Crippen LogP contribution in [0.4, 0.5) is 0 Å². The highest BCUT2D eigenvalue weighted by Gasteiger charge is 2.08. The Labute approximate surface area is 97.0 Å². The van der Waals surface area contributed by atoms with E-state index in [4.69, 9.17) is 5.73 Å². The highest BCUT2D eigenvalue weighted by Crippen LogP contribution is 2.13. The second-order valence-corrected chi connectivity index (χ2v) is 4.09. The van der Waals surface area contributed by atoms with Crippen molar-refractivity contribution < 1.29 is 4.79 Å². The van der Waals surface area contributed by atoms with E-state index < -0.39 is 0 Å². The normalized spacial score (nSPS) is 12.2. The molecule has 88 valence electrons. The van der Waals surface area contributed by atoms with E-state index in [-0.39, 0.29) is 11.9 Å². The Morgan fingerprint density at radius 1 is 1.38 bits per heavy atom. The van der Waals surface area contributed by atoms with Crippen LogP contribution in [0, 0.1) is 6.92 Å². The van der Waals surface area contributed by atoms with Crippen LogP contribution in [0.15, 0.2) is 24.3 Å². The minimum Gasteiger partial charge on any atom is -0.350 e. The summed E-state index contributed by atoms with van der Waals surface area (Å²) in [4.78, 5) is 11.5. The summed E-state index contributed by atoms with van der Waals surface area (Å²) < 4.78 is 0. The fourth-order valence-electron chi connectivity index (χ4n) is 1.51. The second kappa shape index (κ2) is 6.28. The van der Waals surface area contributed by atoms with Gasteiger partial charge < -0.3 is 11.1 Å². The molecule has 0 saturated heterocycles. The van der Waals surface area contributed by atoms with Crippen molar-refractivity contribution in [1.82, 2.24) is 5.32 Å². The molecule has 1 aromatic rings. The van der Waals surface area contributed by atoms with Gasteiger partial charge in [-0.1, -0.05) is 29.8 Å². The van der Waals surface area contributed by atoms with E-state index in [1.807, 2.05) is 26.0 Å². The fraction of sp³-hybridized carbons (Fsp3) is 0.462. The topological polar surface area (TPSA) is 55.1 Å². The number of nitrogens with one attached hydrogen (secondary N) is 1. The van der Waals surface area contributed by atoms with E-state index in [1.165, 1.54) is 5.56 Å². The Balaban J connectivity index is 2.48. The maximum absolute atomic E-state index is 11.5. The summed E-state index contributed by atoms with van der Waals surface area (Å²) in [6.45, 7) is 4.60. The molecular formula is C13H20N2O. The van der Waals surface area contributed by atoms with Gasteiger partial charge in [0.2, 0.25) is 5.91 Å². The minimum atomic E-state index is 0.0610. The molecule has 1 aromatic carbocycles. The van der Waals surface area contributed by atoms with Crippen LogP contribution in [0.25, 0.3) is 0 Å². The molecule has 0 radical (unpaired) electrons. The zero-order valence-corrected chi connectivity index (χ0v) is 9.99. The first-order chi connectivity index (χ1) is 7.63. The number of hydrogen-bond acceptors (Lipinski definition) is 2. The van der Waals surface area contributed by atoms with Crippen molar-refractivity contribution in [2.24, 2.45) is 5.73 Å². The van der Waals surface area contributed by atoms with Crippen LogP contribution < -0.4 is 11.1 Å². The van der Waals surface area contributed by atoms with E-state index in [2.05, 4.69) is 17.4 Å². The molecule has 0 spiro atoms. The summed E-state index contributed by atoms with van der Waals surface area (Å²) in [6.07, 6.45) is 1.25. The van der Waals surface area contributed by atoms with Crippen molar-refractivity contribution in [2.45, 2.75) is 32.7 Å². The highest BCUT2D eigenvalue weighted by molar-refractivity contribution is 5.76. The molecule has 0 aliphatic heterocycles. The smallest absolute Gasteiger partial charge is 0.220 e. The Morgan fingerprint density at radius 3 is 2.56 bits per heavy atom. The first-order valence-electron chi connectivity index (χ1n) is 5.69. The largest absolute Gasteiger partial charge is 0.350 e. The molecule has 0 unspecified atom stereocenters. The third kappa shape index (κ3) is 4.03. The van der Waals surface area contributed by atoms with E-state index in [9.17, 15) is 4.79 Å². The van der Waals surface area contributed by atoms with Gasteiger partial charge in [-0.05, 0) is 32.4 Å². The lowest BCUT2D eigenvalue weighted by Crippen LogP contribution is -2.26. The molecule has 0 aliphatic carbocycles. The van der Waals surface area contributed by atoms with Crippen molar-refractivity contribution in [3.63, 3.8) is 0 Å². The predicted molar refractivity (Wildman–Crippen MR) is 66.0 cm³/mol. The maximum atomic E-state index is 11.5. The minimum absolute atomic E-state index is 0.0610. The lowest BCUT2D eigenvalue weighted by molar-refractivity contribution is -0.121. The van der Waals surface area contributed by atoms with Crippen molar-refractivity contribution in [3.8, 4) is 0 Å². The Kier molecular flexibility index (Phi) is 4.99. The molecular weight excluding hydrogens is 200 g/mol. The monoisotopic (exact) mass is 220 g/mol. The predicted octanol–water partition coefficient (Wildman–Crippen LogP) is 1.91. The number of hydrogen-bond donors (Lipinski definition) is 2. The highest BCUT2D eigenvalue weighted by atomic mass is 16.1. The van der Waals surface area contributed by atoms with E-state index in [1.54, 1.807) is 0 Å². The molecule has 0 saturated carbocycles. The lowest BCUT2D eigenvalue weighted by atomic mass is 10.1. The van der Waals surface area contributed by atoms with Gasteiger partial charge in [0.25, 0.3) is 0 Å². The van der Waals surface area contributed by atoms with E-state index >= 15 is 0 Å². The summed E-state index contributed by atoms with van der Waals surface area (Å²) in [5, 5.41) is 2.96. The fourth-order valence-corrected chi connectivity index (χ4v) is 1.51. The molecule has 3 heteroatoms. The molecule has 16 heavy (non-hydrogen) atoms. The van der Waals surface area contributed by atoms with Crippen LogP contribution in [0.5, 0.6) is 0 Å². The van der Waals surface area contributed by atoms with Crippen LogP contribution >= 0.6 is 0 Å². The summed E-state index contributed by atoms with van der Waals surface area (Å²) in [5.41, 5.74) is 7.71. The first-order valence-corrected chi connectivity index (χ1v) is 5.69. The number of carbonyl (C=O) groups is 1. The molecule has 0 fully saturated rings. The number of aryl methyl sites for hydroxylation is 1. The van der Waals surface area contributed by atoms with E-state index in [0.717, 1.165) is 12.0 Å². The van der Waals surface area contributed by atoms with Gasteiger partial charge in [-0.3, -0.25) is 4.79 Å². The SMILES string of the molecule is Cc1ccc([C@H](C)NC(=O)CCCN)cc1. The molecule has 0 aliphatic rings. The molecule has 1 atom stereocenters. The van der Waals surface area contributed by atoms with Gasteiger partial charge in [0.15, 0.2) is 0 Å². The summed E-state index contributed by atoms with van der Waals surface area (Å²) in [5.74, 6) is 0.0681. The van der Waals surface area contributed by atoms with Gasteiger partial charge in [0.1, 0.15) is 0 Å². The second-order valence-electron chi connectivity index (χ2n) is 4.09. The van der Waals surface area contributed by atoms with Gasteiger partial charge in [-0.15, -0.1) is 0 Å². The zero-order chi connectivity index (χ0) is 12.0. The molecule has 1 rings (SSSR count). The van der Waals surface area contributed by atoms with Gasteiger partial charge in [0.05, 0.1) is 6.04 Å². The lowest BCUT2D eigenvalue weighted by Gasteiger charge is -2.14. The standard InChI is InChI=1S/C13H20N2O/c1-10-5-7-12(8-6-10)11(2)15-13(16)4-3-9-14/h5-8,11H,3-4,9,14H2,1-2H3,(H,15,16)/t11-/m0/s1. The Morgan fingerprint density at radius 2 is 2.00 bits per heavy atom. The first kappa shape index (κ1) is 12.7. The summed E-state index contributed by atoms with van der Waals surface area (Å²) in [7, 11) is 0. The Bertz CT molecular complexity index is 332. The van der Waals surface area contributed by atoms with Gasteiger partial charge in [-0.2, -0.15) is 0 Å². The number of rotatable bonds is 5. The van der Waals surface area contributed by atoms with Crippen LogP contribution in [0.3, 0.4) is 0 Å². The van der Waals surface area contributed by atoms with Crippen LogP contribution in [-0.2, 0) is 4.79 Å². The molecule has 1 amide bonds. The van der Waals surface area contributed by atoms with Crippen molar-refractivity contribution in [3.05, 3.63) is 35.4 Å². The number of benzene rings is 1. The molecule has 3 N–H and O–H groups in total. The number of carbonyl (C=O) groups excluding carboxylic acids is 1. The maximum Gasteiger partial charge on any atom is 0.220 e. The zero-order valence-electron chi connectivity index (χ0n) is 9.99. The van der Waals surface area contributed by atoms with Crippen molar-refractivity contribution in [2.75, 3.05) is 6.54 Å². The van der Waals surface area contributed by atoms with Gasteiger partial charge in [0, 0.05) is 6.42 Å². The summed E-state index contributed by atoms with van der Waals surface area (Å²) >= 11 is 0. The van der Waals surface area contributed by atoms with Crippen LogP contribution in [0.1, 0.15) is 36.9 Å².